The van der Waals surface area contributed by atoms with Gasteiger partial charge in [0.1, 0.15) is 17.6 Å². The van der Waals surface area contributed by atoms with Crippen LogP contribution >= 0.6 is 0 Å². The van der Waals surface area contributed by atoms with Crippen molar-refractivity contribution in [3.63, 3.8) is 0 Å². The van der Waals surface area contributed by atoms with Crippen molar-refractivity contribution in [2.75, 3.05) is 31.6 Å². The predicted octanol–water partition coefficient (Wildman–Crippen LogP) is 1.27. The number of H-pyrrole nitrogens is 1. The van der Waals surface area contributed by atoms with Gasteiger partial charge in [-0.15, -0.1) is 0 Å². The van der Waals surface area contributed by atoms with Crippen LogP contribution in [-0.2, 0) is 14.8 Å². The molecule has 1 aromatic heterocycles. The lowest BCUT2D eigenvalue weighted by atomic mass is 10.2. The molecule has 1 atom stereocenters. The second kappa shape index (κ2) is 6.93. The van der Waals surface area contributed by atoms with Crippen LogP contribution in [0.5, 0.6) is 0 Å². The first-order valence-corrected chi connectivity index (χ1v) is 9.48. The number of hydrogen-bond donors (Lipinski definition) is 1. The van der Waals surface area contributed by atoms with Gasteiger partial charge in [0.05, 0.1) is 6.10 Å². The molecule has 2 saturated heterocycles. The van der Waals surface area contributed by atoms with Crippen LogP contribution in [0.25, 0.3) is 0 Å². The van der Waals surface area contributed by atoms with Gasteiger partial charge in [-0.25, -0.2) is 13.4 Å². The Morgan fingerprint density at radius 2 is 2.05 bits per heavy atom. The van der Waals surface area contributed by atoms with Crippen molar-refractivity contribution in [1.82, 2.24) is 4.31 Å². The first-order valence-electron chi connectivity index (χ1n) is 8.03. The van der Waals surface area contributed by atoms with E-state index in [1.54, 1.807) is 22.6 Å². The molecule has 0 spiro atoms. The summed E-state index contributed by atoms with van der Waals surface area (Å²) in [6.45, 7) is 2.83. The number of nitrogens with one attached hydrogen (secondary N) is 2. The second-order valence-corrected chi connectivity index (χ2v) is 7.86. The van der Waals surface area contributed by atoms with Gasteiger partial charge in [0.2, 0.25) is 10.0 Å². The maximum atomic E-state index is 12.5. The van der Waals surface area contributed by atoms with Gasteiger partial charge < -0.3 is 4.74 Å². The molecule has 0 saturated carbocycles. The highest BCUT2D eigenvalue weighted by atomic mass is 32.2. The summed E-state index contributed by atoms with van der Waals surface area (Å²) in [4.78, 5) is 3.36. The molecule has 122 valence electrons. The zero-order chi connectivity index (χ0) is 15.4. The Morgan fingerprint density at radius 3 is 2.68 bits per heavy atom. The molecule has 0 aliphatic carbocycles. The van der Waals surface area contributed by atoms with Crippen LogP contribution < -0.4 is 10.3 Å². The van der Waals surface area contributed by atoms with E-state index < -0.39 is 10.0 Å². The third-order valence-electron chi connectivity index (χ3n) is 4.28. The summed E-state index contributed by atoms with van der Waals surface area (Å²) in [6, 6.07) is 3.45. The molecule has 6 nitrogen and oxygen atoms in total. The van der Waals surface area contributed by atoms with Crippen molar-refractivity contribution in [3.8, 4) is 0 Å². The zero-order valence-corrected chi connectivity index (χ0v) is 13.6. The number of aromatic amines is 1. The molecular formula is C15H24N3O3S+. The molecule has 2 fully saturated rings. The van der Waals surface area contributed by atoms with Crippen LogP contribution in [0, 0.1) is 0 Å². The Balaban J connectivity index is 1.62. The van der Waals surface area contributed by atoms with Gasteiger partial charge in [-0.3, -0.25) is 5.32 Å². The van der Waals surface area contributed by atoms with E-state index >= 15 is 0 Å². The van der Waals surface area contributed by atoms with Crippen molar-refractivity contribution in [2.45, 2.75) is 43.1 Å². The van der Waals surface area contributed by atoms with E-state index in [4.69, 9.17) is 4.74 Å². The number of aromatic nitrogens is 1. The van der Waals surface area contributed by atoms with Crippen molar-refractivity contribution < 1.29 is 18.1 Å². The summed E-state index contributed by atoms with van der Waals surface area (Å²) in [5.74, 6) is 0.813. The molecule has 22 heavy (non-hydrogen) atoms. The number of piperidine rings is 1. The average molecular weight is 326 g/mol. The molecule has 3 heterocycles. The van der Waals surface area contributed by atoms with Gasteiger partial charge in [-0.05, 0) is 31.7 Å². The van der Waals surface area contributed by atoms with E-state index in [0.29, 0.717) is 18.0 Å². The van der Waals surface area contributed by atoms with Crippen molar-refractivity contribution in [3.05, 3.63) is 18.3 Å². The molecule has 2 aliphatic rings. The van der Waals surface area contributed by atoms with E-state index in [0.717, 1.165) is 51.1 Å². The van der Waals surface area contributed by atoms with E-state index in [9.17, 15) is 8.42 Å². The van der Waals surface area contributed by atoms with Crippen LogP contribution in [0.2, 0.25) is 0 Å². The van der Waals surface area contributed by atoms with Gasteiger partial charge >= 0.3 is 0 Å². The van der Waals surface area contributed by atoms with Crippen molar-refractivity contribution >= 4 is 15.8 Å². The molecule has 2 N–H and O–H groups in total. The minimum Gasteiger partial charge on any atom is -0.374 e. The summed E-state index contributed by atoms with van der Waals surface area (Å²) < 4.78 is 32.2. The monoisotopic (exact) mass is 326 g/mol. The SMILES string of the molecule is O=S(=O)(c1ccc(NC[C@H]2CCCO2)[nH+]c1)N1CCCCC1. The number of ether oxygens (including phenoxy) is 1. The van der Waals surface area contributed by atoms with Crippen molar-refractivity contribution in [2.24, 2.45) is 0 Å². The lowest BCUT2D eigenvalue weighted by Gasteiger charge is -2.25. The Kier molecular flexibility index (Phi) is 4.95. The quantitative estimate of drug-likeness (QED) is 0.884. The summed E-state index contributed by atoms with van der Waals surface area (Å²) in [6.07, 6.45) is 7.03. The summed E-state index contributed by atoms with van der Waals surface area (Å²) in [7, 11) is -3.36. The first kappa shape index (κ1) is 15.7. The van der Waals surface area contributed by atoms with Gasteiger partial charge in [0.15, 0.2) is 0 Å². The van der Waals surface area contributed by atoms with E-state index in [1.807, 2.05) is 0 Å². The van der Waals surface area contributed by atoms with Crippen LogP contribution in [0.15, 0.2) is 23.2 Å². The van der Waals surface area contributed by atoms with Gasteiger partial charge in [0.25, 0.3) is 5.82 Å². The van der Waals surface area contributed by atoms with Crippen LogP contribution in [0.1, 0.15) is 32.1 Å². The predicted molar refractivity (Wildman–Crippen MR) is 83.1 cm³/mol. The largest absolute Gasteiger partial charge is 0.374 e. The minimum absolute atomic E-state index is 0.255. The molecule has 0 unspecified atom stereocenters. The number of hydrogen-bond acceptors (Lipinski definition) is 4. The lowest BCUT2D eigenvalue weighted by molar-refractivity contribution is -0.364. The highest BCUT2D eigenvalue weighted by Crippen LogP contribution is 2.20. The molecular weight excluding hydrogens is 302 g/mol. The second-order valence-electron chi connectivity index (χ2n) is 5.92. The molecule has 0 bridgehead atoms. The Bertz CT molecular complexity index is 577. The Morgan fingerprint density at radius 1 is 1.23 bits per heavy atom. The molecule has 3 rings (SSSR count). The summed E-state index contributed by atoms with van der Waals surface area (Å²) >= 11 is 0. The van der Waals surface area contributed by atoms with Gasteiger partial charge in [0, 0.05) is 25.8 Å². The molecule has 2 aliphatic heterocycles. The lowest BCUT2D eigenvalue weighted by Crippen LogP contribution is -2.36. The van der Waals surface area contributed by atoms with Crippen LogP contribution in [0.4, 0.5) is 5.82 Å². The maximum absolute atomic E-state index is 12.5. The van der Waals surface area contributed by atoms with Crippen LogP contribution in [-0.4, -0.2) is 45.1 Å². The summed E-state index contributed by atoms with van der Waals surface area (Å²) in [5.41, 5.74) is 0. The van der Waals surface area contributed by atoms with Gasteiger partial charge in [-0.1, -0.05) is 6.42 Å². The zero-order valence-electron chi connectivity index (χ0n) is 12.8. The highest BCUT2D eigenvalue weighted by molar-refractivity contribution is 7.89. The number of sulfonamides is 1. The van der Waals surface area contributed by atoms with Crippen LogP contribution in [0.3, 0.4) is 0 Å². The van der Waals surface area contributed by atoms with Crippen molar-refractivity contribution in [1.29, 1.82) is 0 Å². The number of anilines is 1. The van der Waals surface area contributed by atoms with Gasteiger partial charge in [-0.2, -0.15) is 4.31 Å². The fourth-order valence-corrected chi connectivity index (χ4v) is 4.45. The topological polar surface area (TPSA) is 72.8 Å². The number of pyridine rings is 1. The number of rotatable bonds is 5. The summed E-state index contributed by atoms with van der Waals surface area (Å²) in [5, 5.41) is 3.26. The Hall–Kier alpha value is -1.18. The average Bonchev–Trinajstić information content (AvgIpc) is 3.08. The Labute approximate surface area is 131 Å². The molecule has 0 aromatic carbocycles. The molecule has 7 heteroatoms. The minimum atomic E-state index is -3.36. The molecule has 0 amide bonds. The molecule has 0 radical (unpaired) electrons. The standard InChI is InChI=1S/C15H23N3O3S/c19-22(20,18-8-2-1-3-9-18)14-6-7-15(17-12-14)16-11-13-5-4-10-21-13/h6-7,12-13H,1-5,8-11H2,(H,16,17)/p+1/t13-/m1/s1. The normalized spacial score (nSPS) is 23.5. The maximum Gasteiger partial charge on any atom is 0.272 e. The fraction of sp³-hybridized carbons (Fsp3) is 0.667. The first-order chi connectivity index (χ1) is 10.7. The van der Waals surface area contributed by atoms with E-state index in [2.05, 4.69) is 10.3 Å². The molecule has 1 aromatic rings. The van der Waals surface area contributed by atoms with E-state index in [1.165, 1.54) is 0 Å². The fourth-order valence-electron chi connectivity index (χ4n) is 2.96. The smallest absolute Gasteiger partial charge is 0.272 e. The third-order valence-corrected chi connectivity index (χ3v) is 6.18. The number of nitrogens with zero attached hydrogens (tertiary/aromatic N) is 1. The van der Waals surface area contributed by atoms with E-state index in [-0.39, 0.29) is 6.10 Å². The third kappa shape index (κ3) is 3.59. The highest BCUT2D eigenvalue weighted by Gasteiger charge is 2.27.